The summed E-state index contributed by atoms with van der Waals surface area (Å²) in [4.78, 5) is 34.5. The number of aromatic nitrogens is 2. The molecular weight excluding hydrogens is 414 g/mol. The molecule has 1 aromatic carbocycles. The molecule has 0 N–H and O–H groups in total. The topological polar surface area (TPSA) is 55.2 Å². The van der Waals surface area contributed by atoms with E-state index in [0.29, 0.717) is 36.4 Å². The first-order valence-electron chi connectivity index (χ1n) is 9.92. The summed E-state index contributed by atoms with van der Waals surface area (Å²) in [7, 11) is 0. The van der Waals surface area contributed by atoms with Crippen molar-refractivity contribution in [2.45, 2.75) is 33.4 Å². The van der Waals surface area contributed by atoms with Crippen molar-refractivity contribution >= 4 is 39.6 Å². The zero-order valence-corrected chi connectivity index (χ0v) is 18.6. The lowest BCUT2D eigenvalue weighted by molar-refractivity contribution is 0.0747. The standard InChI is InChI=1S/C23H23N3O2S2/c1-3-26-21-9-8-17(14-20(21)24-16(2)22(26)27)23(28)25(15-19-7-5-13-30-19)11-10-18-6-4-12-29-18/h4-9,12-14H,3,10-11,15H2,1-2H3. The SMILES string of the molecule is CCn1c(=O)c(C)nc2cc(C(=O)N(CCc3cccs3)Cc3cccs3)ccc21. The van der Waals surface area contributed by atoms with E-state index in [4.69, 9.17) is 0 Å². The summed E-state index contributed by atoms with van der Waals surface area (Å²) in [5, 5.41) is 4.09. The predicted molar refractivity (Wildman–Crippen MR) is 123 cm³/mol. The van der Waals surface area contributed by atoms with Gasteiger partial charge in [-0.05, 0) is 61.4 Å². The highest BCUT2D eigenvalue weighted by Gasteiger charge is 2.18. The summed E-state index contributed by atoms with van der Waals surface area (Å²) in [5.74, 6) is -0.0180. The summed E-state index contributed by atoms with van der Waals surface area (Å²) in [6.45, 7) is 5.45. The Morgan fingerprint density at radius 1 is 1.10 bits per heavy atom. The van der Waals surface area contributed by atoms with Crippen LogP contribution in [0.1, 0.15) is 32.7 Å². The Hall–Kier alpha value is -2.77. The number of fused-ring (bicyclic) bond motifs is 1. The number of carbonyl (C=O) groups is 1. The number of aryl methyl sites for hydroxylation is 2. The van der Waals surface area contributed by atoms with E-state index in [1.807, 2.05) is 41.5 Å². The molecular formula is C23H23N3O2S2. The molecule has 3 aromatic heterocycles. The smallest absolute Gasteiger partial charge is 0.272 e. The second-order valence-corrected chi connectivity index (χ2v) is 9.15. The lowest BCUT2D eigenvalue weighted by Gasteiger charge is -2.22. The predicted octanol–water partition coefficient (Wildman–Crippen LogP) is 4.73. The van der Waals surface area contributed by atoms with Crippen LogP contribution in [-0.4, -0.2) is 26.9 Å². The molecule has 0 atom stereocenters. The van der Waals surface area contributed by atoms with Crippen LogP contribution in [0.25, 0.3) is 11.0 Å². The molecule has 0 fully saturated rings. The molecule has 0 saturated heterocycles. The Morgan fingerprint density at radius 3 is 2.50 bits per heavy atom. The number of amides is 1. The molecule has 4 aromatic rings. The van der Waals surface area contributed by atoms with Crippen molar-refractivity contribution in [2.75, 3.05) is 6.54 Å². The van der Waals surface area contributed by atoms with Crippen molar-refractivity contribution in [3.8, 4) is 0 Å². The molecule has 1 amide bonds. The first-order chi connectivity index (χ1) is 14.6. The van der Waals surface area contributed by atoms with Crippen LogP contribution >= 0.6 is 22.7 Å². The van der Waals surface area contributed by atoms with Crippen molar-refractivity contribution in [1.29, 1.82) is 0 Å². The van der Waals surface area contributed by atoms with Gasteiger partial charge < -0.3 is 9.47 Å². The number of hydrogen-bond acceptors (Lipinski definition) is 5. The number of rotatable bonds is 7. The highest BCUT2D eigenvalue weighted by Crippen LogP contribution is 2.19. The van der Waals surface area contributed by atoms with Crippen molar-refractivity contribution in [3.63, 3.8) is 0 Å². The first-order valence-corrected chi connectivity index (χ1v) is 11.7. The van der Waals surface area contributed by atoms with Gasteiger partial charge in [0.2, 0.25) is 0 Å². The van der Waals surface area contributed by atoms with Gasteiger partial charge in [-0.2, -0.15) is 0 Å². The molecule has 0 aliphatic carbocycles. The number of hydrogen-bond donors (Lipinski definition) is 0. The zero-order valence-electron chi connectivity index (χ0n) is 17.0. The quantitative estimate of drug-likeness (QED) is 0.420. The van der Waals surface area contributed by atoms with Crippen LogP contribution in [0.5, 0.6) is 0 Å². The van der Waals surface area contributed by atoms with Gasteiger partial charge in [-0.1, -0.05) is 12.1 Å². The van der Waals surface area contributed by atoms with Gasteiger partial charge in [-0.3, -0.25) is 9.59 Å². The molecule has 0 aliphatic heterocycles. The normalized spacial score (nSPS) is 11.1. The monoisotopic (exact) mass is 437 g/mol. The molecule has 0 radical (unpaired) electrons. The van der Waals surface area contributed by atoms with Crippen molar-refractivity contribution in [2.24, 2.45) is 0 Å². The zero-order chi connectivity index (χ0) is 21.1. The second-order valence-electron chi connectivity index (χ2n) is 7.09. The molecule has 0 aliphatic rings. The van der Waals surface area contributed by atoms with E-state index in [-0.39, 0.29) is 11.5 Å². The lowest BCUT2D eigenvalue weighted by atomic mass is 10.1. The van der Waals surface area contributed by atoms with Crippen LogP contribution in [0.4, 0.5) is 0 Å². The van der Waals surface area contributed by atoms with Gasteiger partial charge >= 0.3 is 0 Å². The maximum absolute atomic E-state index is 13.4. The van der Waals surface area contributed by atoms with E-state index in [1.54, 1.807) is 40.2 Å². The fraction of sp³-hybridized carbons (Fsp3) is 0.261. The van der Waals surface area contributed by atoms with Crippen LogP contribution in [0, 0.1) is 6.92 Å². The largest absolute Gasteiger partial charge is 0.333 e. The Labute approximate surface area is 183 Å². The van der Waals surface area contributed by atoms with Gasteiger partial charge in [0, 0.05) is 28.4 Å². The maximum atomic E-state index is 13.4. The summed E-state index contributed by atoms with van der Waals surface area (Å²) < 4.78 is 1.70. The van der Waals surface area contributed by atoms with E-state index in [9.17, 15) is 9.59 Å². The van der Waals surface area contributed by atoms with E-state index in [0.717, 1.165) is 16.8 Å². The molecule has 0 spiro atoms. The van der Waals surface area contributed by atoms with Gasteiger partial charge in [-0.15, -0.1) is 22.7 Å². The first kappa shape index (κ1) is 20.5. The highest BCUT2D eigenvalue weighted by molar-refractivity contribution is 7.10. The second kappa shape index (κ2) is 8.93. The Balaban J connectivity index is 1.66. The van der Waals surface area contributed by atoms with Gasteiger partial charge in [0.05, 0.1) is 17.6 Å². The third-order valence-electron chi connectivity index (χ3n) is 5.09. The summed E-state index contributed by atoms with van der Waals surface area (Å²) >= 11 is 3.37. The van der Waals surface area contributed by atoms with E-state index < -0.39 is 0 Å². The van der Waals surface area contributed by atoms with Crippen LogP contribution in [-0.2, 0) is 19.5 Å². The minimum atomic E-state index is -0.0839. The molecule has 30 heavy (non-hydrogen) atoms. The third kappa shape index (κ3) is 4.22. The van der Waals surface area contributed by atoms with Crippen molar-refractivity contribution in [3.05, 3.63) is 84.6 Å². The van der Waals surface area contributed by atoms with Gasteiger partial charge in [0.15, 0.2) is 0 Å². The van der Waals surface area contributed by atoms with Crippen molar-refractivity contribution < 1.29 is 4.79 Å². The van der Waals surface area contributed by atoms with Crippen molar-refractivity contribution in [1.82, 2.24) is 14.5 Å². The van der Waals surface area contributed by atoms with E-state index in [1.165, 1.54) is 4.88 Å². The van der Waals surface area contributed by atoms with Crippen LogP contribution in [0.3, 0.4) is 0 Å². The number of thiophene rings is 2. The summed E-state index contributed by atoms with van der Waals surface area (Å²) in [6.07, 6.45) is 0.828. The fourth-order valence-electron chi connectivity index (χ4n) is 3.55. The summed E-state index contributed by atoms with van der Waals surface area (Å²) in [5.41, 5.74) is 2.39. The van der Waals surface area contributed by atoms with Gasteiger partial charge in [0.1, 0.15) is 5.69 Å². The minimum Gasteiger partial charge on any atom is -0.333 e. The van der Waals surface area contributed by atoms with Crippen LogP contribution in [0.2, 0.25) is 0 Å². The third-order valence-corrected chi connectivity index (χ3v) is 6.89. The Bertz CT molecular complexity index is 1210. The highest BCUT2D eigenvalue weighted by atomic mass is 32.1. The summed E-state index contributed by atoms with van der Waals surface area (Å²) in [6, 6.07) is 13.7. The molecule has 154 valence electrons. The van der Waals surface area contributed by atoms with Gasteiger partial charge in [0.25, 0.3) is 11.5 Å². The molecule has 7 heteroatoms. The average Bonchev–Trinajstić information content (AvgIpc) is 3.45. The van der Waals surface area contributed by atoms with E-state index >= 15 is 0 Å². The van der Waals surface area contributed by atoms with E-state index in [2.05, 4.69) is 22.5 Å². The lowest BCUT2D eigenvalue weighted by Crippen LogP contribution is -2.32. The Kier molecular flexibility index (Phi) is 6.11. The molecule has 0 saturated carbocycles. The maximum Gasteiger partial charge on any atom is 0.272 e. The van der Waals surface area contributed by atoms with Gasteiger partial charge in [-0.25, -0.2) is 4.98 Å². The number of nitrogens with zero attached hydrogens (tertiary/aromatic N) is 3. The van der Waals surface area contributed by atoms with Crippen LogP contribution in [0.15, 0.2) is 58.0 Å². The number of benzene rings is 1. The Morgan fingerprint density at radius 2 is 1.83 bits per heavy atom. The average molecular weight is 438 g/mol. The van der Waals surface area contributed by atoms with Crippen LogP contribution < -0.4 is 5.56 Å². The molecule has 3 heterocycles. The fourth-order valence-corrected chi connectivity index (χ4v) is 4.96. The molecule has 0 unspecified atom stereocenters. The molecule has 5 nitrogen and oxygen atoms in total. The molecule has 0 bridgehead atoms. The minimum absolute atomic E-state index is 0.0180. The molecule has 4 rings (SSSR count). The number of carbonyl (C=O) groups excluding carboxylic acids is 1.